The Morgan fingerprint density at radius 3 is 1.94 bits per heavy atom. The Bertz CT molecular complexity index is 437. The normalized spacial score (nSPS) is 11.1. The lowest BCUT2D eigenvalue weighted by Gasteiger charge is -2.20. The lowest BCUT2D eigenvalue weighted by molar-refractivity contribution is -0.156. The highest BCUT2D eigenvalue weighted by Gasteiger charge is 2.43. The van der Waals surface area contributed by atoms with Crippen molar-refractivity contribution in [1.82, 2.24) is 0 Å². The Labute approximate surface area is 90.4 Å². The summed E-state index contributed by atoms with van der Waals surface area (Å²) in [7, 11) is 0. The summed E-state index contributed by atoms with van der Waals surface area (Å²) in [4.78, 5) is 21.9. The van der Waals surface area contributed by atoms with E-state index < -0.39 is 28.9 Å². The quantitative estimate of drug-likeness (QED) is 0.441. The first-order valence-corrected chi connectivity index (χ1v) is 4.29. The van der Waals surface area contributed by atoms with Crippen molar-refractivity contribution < 1.29 is 30.0 Å². The lowest BCUT2D eigenvalue weighted by atomic mass is 9.82. The van der Waals surface area contributed by atoms with Gasteiger partial charge in [0.1, 0.15) is 0 Å². The molecule has 4 N–H and O–H groups in total. The fourth-order valence-corrected chi connectivity index (χ4v) is 1.17. The van der Waals surface area contributed by atoms with E-state index in [4.69, 9.17) is 15.3 Å². The third-order valence-electron chi connectivity index (χ3n) is 2.41. The van der Waals surface area contributed by atoms with Crippen LogP contribution in [0.25, 0.3) is 0 Å². The second-order valence-electron chi connectivity index (χ2n) is 3.44. The minimum Gasteiger partial charge on any atom is -0.504 e. The molecule has 0 saturated carbocycles. The summed E-state index contributed by atoms with van der Waals surface area (Å²) in [6.07, 6.45) is 0. The maximum Gasteiger partial charge on any atom is 0.325 e. The number of hydrogen-bond donors (Lipinski definition) is 4. The summed E-state index contributed by atoms with van der Waals surface area (Å²) in [6.45, 7) is 1.00. The van der Waals surface area contributed by atoms with Gasteiger partial charge < -0.3 is 20.4 Å². The molecule has 0 aliphatic carbocycles. The smallest absolute Gasteiger partial charge is 0.325 e. The minimum atomic E-state index is -2.16. The van der Waals surface area contributed by atoms with Gasteiger partial charge in [-0.25, -0.2) is 0 Å². The molecule has 0 atom stereocenters. The van der Waals surface area contributed by atoms with Crippen LogP contribution in [0.15, 0.2) is 18.2 Å². The number of rotatable bonds is 3. The topological polar surface area (TPSA) is 115 Å². The van der Waals surface area contributed by atoms with Crippen LogP contribution in [-0.2, 0) is 15.0 Å². The first-order valence-electron chi connectivity index (χ1n) is 4.29. The van der Waals surface area contributed by atoms with E-state index in [-0.39, 0.29) is 5.56 Å². The maximum absolute atomic E-state index is 10.9. The summed E-state index contributed by atoms with van der Waals surface area (Å²) in [6, 6.07) is 3.09. The Morgan fingerprint density at radius 1 is 1.06 bits per heavy atom. The van der Waals surface area contributed by atoms with Gasteiger partial charge in [-0.15, -0.1) is 0 Å². The van der Waals surface area contributed by atoms with Gasteiger partial charge in [0, 0.05) is 0 Å². The molecule has 0 bridgehead atoms. The fourth-order valence-electron chi connectivity index (χ4n) is 1.17. The van der Waals surface area contributed by atoms with Gasteiger partial charge in [0.05, 0.1) is 0 Å². The zero-order chi connectivity index (χ0) is 12.5. The Hall–Kier alpha value is -2.24. The molecule has 1 rings (SSSR count). The van der Waals surface area contributed by atoms with Crippen molar-refractivity contribution in [1.29, 1.82) is 0 Å². The standard InChI is InChI=1S/C10H10O6/c1-10(8(13)14,9(15)16)5-2-3-6(11)7(12)4-5/h2-4,11-12H,1H3,(H,13,14)(H,15,16). The van der Waals surface area contributed by atoms with Gasteiger partial charge in [0.2, 0.25) is 0 Å². The molecule has 0 radical (unpaired) electrons. The molecule has 0 aliphatic heterocycles. The lowest BCUT2D eigenvalue weighted by Crippen LogP contribution is -2.40. The maximum atomic E-state index is 10.9. The third kappa shape index (κ3) is 1.65. The molecule has 0 aliphatic rings. The summed E-state index contributed by atoms with van der Waals surface area (Å²) < 4.78 is 0. The highest BCUT2D eigenvalue weighted by molar-refractivity contribution is 6.04. The van der Waals surface area contributed by atoms with Gasteiger partial charge in [-0.05, 0) is 24.6 Å². The van der Waals surface area contributed by atoms with E-state index in [1.165, 1.54) is 0 Å². The van der Waals surface area contributed by atoms with E-state index in [0.717, 1.165) is 25.1 Å². The van der Waals surface area contributed by atoms with Crippen LogP contribution in [0, 0.1) is 0 Å². The van der Waals surface area contributed by atoms with Crippen LogP contribution in [-0.4, -0.2) is 32.4 Å². The molecule has 0 spiro atoms. The van der Waals surface area contributed by atoms with Crippen molar-refractivity contribution in [3.05, 3.63) is 23.8 Å². The van der Waals surface area contributed by atoms with Crippen LogP contribution in [0.3, 0.4) is 0 Å². The van der Waals surface area contributed by atoms with Crippen molar-refractivity contribution in [3.63, 3.8) is 0 Å². The van der Waals surface area contributed by atoms with Crippen molar-refractivity contribution in [3.8, 4) is 11.5 Å². The molecular weight excluding hydrogens is 216 g/mol. The van der Waals surface area contributed by atoms with Crippen LogP contribution in [0.2, 0.25) is 0 Å². The van der Waals surface area contributed by atoms with Crippen LogP contribution >= 0.6 is 0 Å². The number of aliphatic carboxylic acids is 2. The second kappa shape index (κ2) is 3.73. The van der Waals surface area contributed by atoms with Crippen molar-refractivity contribution in [2.75, 3.05) is 0 Å². The largest absolute Gasteiger partial charge is 0.504 e. The molecule has 0 fully saturated rings. The van der Waals surface area contributed by atoms with E-state index >= 15 is 0 Å². The predicted octanol–water partition coefficient (Wildman–Crippen LogP) is 0.525. The SMILES string of the molecule is CC(C(=O)O)(C(=O)O)c1ccc(O)c(O)c1. The summed E-state index contributed by atoms with van der Waals surface area (Å²) in [5.74, 6) is -4.11. The molecule has 6 nitrogen and oxygen atoms in total. The van der Waals surface area contributed by atoms with Crippen molar-refractivity contribution in [2.45, 2.75) is 12.3 Å². The number of phenols is 2. The molecule has 0 amide bonds. The molecule has 16 heavy (non-hydrogen) atoms. The average molecular weight is 226 g/mol. The molecule has 0 saturated heterocycles. The number of benzene rings is 1. The summed E-state index contributed by atoms with van der Waals surface area (Å²) >= 11 is 0. The highest BCUT2D eigenvalue weighted by Crippen LogP contribution is 2.32. The number of carbonyl (C=O) groups is 2. The van der Waals surface area contributed by atoms with Gasteiger partial charge >= 0.3 is 11.9 Å². The first kappa shape index (κ1) is 11.8. The van der Waals surface area contributed by atoms with Gasteiger partial charge in [-0.2, -0.15) is 0 Å². The molecule has 86 valence electrons. The number of carboxylic acid groups (broad SMARTS) is 2. The molecule has 6 heteroatoms. The first-order chi connectivity index (χ1) is 7.30. The predicted molar refractivity (Wildman–Crippen MR) is 52.4 cm³/mol. The number of hydrogen-bond acceptors (Lipinski definition) is 4. The zero-order valence-corrected chi connectivity index (χ0v) is 8.34. The van der Waals surface area contributed by atoms with E-state index in [0.29, 0.717) is 0 Å². The Balaban J connectivity index is 3.39. The Morgan fingerprint density at radius 2 is 1.56 bits per heavy atom. The zero-order valence-electron chi connectivity index (χ0n) is 8.34. The van der Waals surface area contributed by atoms with Crippen LogP contribution in [0.4, 0.5) is 0 Å². The summed E-state index contributed by atoms with van der Waals surface area (Å²) in [5.41, 5.74) is -2.28. The second-order valence-corrected chi connectivity index (χ2v) is 3.44. The Kier molecular flexibility index (Phi) is 2.76. The molecule has 0 heterocycles. The van der Waals surface area contributed by atoms with E-state index in [1.54, 1.807) is 0 Å². The number of carboxylic acids is 2. The molecule has 1 aromatic carbocycles. The van der Waals surface area contributed by atoms with E-state index in [2.05, 4.69) is 0 Å². The van der Waals surface area contributed by atoms with E-state index in [9.17, 15) is 14.7 Å². The van der Waals surface area contributed by atoms with Gasteiger partial charge in [0.15, 0.2) is 16.9 Å². The highest BCUT2D eigenvalue weighted by atomic mass is 16.4. The van der Waals surface area contributed by atoms with Crippen LogP contribution in [0.5, 0.6) is 11.5 Å². The monoisotopic (exact) mass is 226 g/mol. The van der Waals surface area contributed by atoms with Gasteiger partial charge in [-0.1, -0.05) is 6.07 Å². The van der Waals surface area contributed by atoms with Crippen LogP contribution < -0.4 is 0 Å². The van der Waals surface area contributed by atoms with Gasteiger partial charge in [-0.3, -0.25) is 9.59 Å². The minimum absolute atomic E-state index is 0.122. The number of phenolic OH excluding ortho intramolecular Hbond substituents is 2. The number of aromatic hydroxyl groups is 2. The van der Waals surface area contributed by atoms with Crippen LogP contribution in [0.1, 0.15) is 12.5 Å². The van der Waals surface area contributed by atoms with Crippen molar-refractivity contribution in [2.24, 2.45) is 0 Å². The van der Waals surface area contributed by atoms with Gasteiger partial charge in [0.25, 0.3) is 0 Å². The average Bonchev–Trinajstić information content (AvgIpc) is 2.20. The molecule has 1 aromatic rings. The molecular formula is C10H10O6. The fraction of sp³-hybridized carbons (Fsp3) is 0.200. The van der Waals surface area contributed by atoms with E-state index in [1.807, 2.05) is 0 Å². The molecule has 0 unspecified atom stereocenters. The third-order valence-corrected chi connectivity index (χ3v) is 2.41. The van der Waals surface area contributed by atoms with Crippen molar-refractivity contribution >= 4 is 11.9 Å². The summed E-state index contributed by atoms with van der Waals surface area (Å²) in [5, 5.41) is 36.0. The molecule has 0 aromatic heterocycles.